The Morgan fingerprint density at radius 3 is 2.25 bits per heavy atom. The number of likely N-dealkylation sites (N-methyl/N-ethyl adjacent to an activating group) is 1. The largest absolute Gasteiger partial charge is 1.00 e. The van der Waals surface area contributed by atoms with E-state index in [0.29, 0.717) is 17.2 Å². The molecule has 0 saturated carbocycles. The lowest BCUT2D eigenvalue weighted by Crippen LogP contribution is -3.00. The van der Waals surface area contributed by atoms with Gasteiger partial charge in [0.25, 0.3) is 0 Å². The molecule has 2 aliphatic heterocycles. The summed E-state index contributed by atoms with van der Waals surface area (Å²) in [6.07, 6.45) is 2.53. The van der Waals surface area contributed by atoms with Crippen LogP contribution in [0.15, 0.2) is 24.3 Å². The summed E-state index contributed by atoms with van der Waals surface area (Å²) in [5.74, 6) is 3.55. The molecule has 176 valence electrons. The monoisotopic (exact) mass is 465 g/mol. The van der Waals surface area contributed by atoms with Crippen LogP contribution >= 0.6 is 0 Å². The molecular formula is C24H32ClNO6. The van der Waals surface area contributed by atoms with Gasteiger partial charge in [0, 0.05) is 31.4 Å². The Hall–Kier alpha value is -2.35. The van der Waals surface area contributed by atoms with Gasteiger partial charge in [0.2, 0.25) is 12.5 Å². The van der Waals surface area contributed by atoms with Crippen LogP contribution < -0.4 is 36.1 Å². The van der Waals surface area contributed by atoms with Gasteiger partial charge in [-0.3, -0.25) is 0 Å². The van der Waals surface area contributed by atoms with Crippen molar-refractivity contribution in [1.82, 2.24) is 0 Å². The van der Waals surface area contributed by atoms with Crippen molar-refractivity contribution < 1.29 is 45.7 Å². The number of rotatable bonds is 8. The van der Waals surface area contributed by atoms with Crippen LogP contribution in [0.4, 0.5) is 0 Å². The normalized spacial score (nSPS) is 20.8. The SMILES string of the molecule is COc1cc(C[C@@H]2c3cc4c(cc3CC[N+]2(C)CCCO)OCO4)cc(OC)c1OC.[Cl-]. The van der Waals surface area contributed by atoms with Gasteiger partial charge in [-0.15, -0.1) is 0 Å². The van der Waals surface area contributed by atoms with Crippen LogP contribution in [0, 0.1) is 0 Å². The van der Waals surface area contributed by atoms with Crippen LogP contribution in [0.3, 0.4) is 0 Å². The zero-order valence-corrected chi connectivity index (χ0v) is 19.9. The van der Waals surface area contributed by atoms with Gasteiger partial charge in [0.1, 0.15) is 6.04 Å². The molecule has 32 heavy (non-hydrogen) atoms. The summed E-state index contributed by atoms with van der Waals surface area (Å²) in [5.41, 5.74) is 3.70. The van der Waals surface area contributed by atoms with Crippen molar-refractivity contribution >= 4 is 0 Å². The first-order valence-electron chi connectivity index (χ1n) is 10.7. The lowest BCUT2D eigenvalue weighted by molar-refractivity contribution is -0.941. The third-order valence-electron chi connectivity index (χ3n) is 6.62. The van der Waals surface area contributed by atoms with E-state index >= 15 is 0 Å². The molecule has 2 atom stereocenters. The predicted octanol–water partition coefficient (Wildman–Crippen LogP) is 0.114. The molecule has 0 radical (unpaired) electrons. The molecule has 0 fully saturated rings. The average Bonchev–Trinajstić information content (AvgIpc) is 3.25. The quantitative estimate of drug-likeness (QED) is 0.558. The smallest absolute Gasteiger partial charge is 0.231 e. The molecule has 2 heterocycles. The molecule has 1 N–H and O–H groups in total. The maximum Gasteiger partial charge on any atom is 0.231 e. The Morgan fingerprint density at radius 2 is 1.66 bits per heavy atom. The number of quaternary nitrogens is 1. The molecule has 2 aromatic rings. The third-order valence-corrected chi connectivity index (χ3v) is 6.62. The van der Waals surface area contributed by atoms with Crippen molar-refractivity contribution in [2.45, 2.75) is 25.3 Å². The fourth-order valence-corrected chi connectivity index (χ4v) is 4.90. The van der Waals surface area contributed by atoms with E-state index in [1.54, 1.807) is 21.3 Å². The number of fused-ring (bicyclic) bond motifs is 2. The van der Waals surface area contributed by atoms with Crippen LogP contribution in [-0.2, 0) is 12.8 Å². The summed E-state index contributed by atoms with van der Waals surface area (Å²) in [5, 5.41) is 9.51. The maximum atomic E-state index is 9.51. The molecule has 8 heteroatoms. The van der Waals surface area contributed by atoms with Gasteiger partial charge in [0.15, 0.2) is 23.0 Å². The van der Waals surface area contributed by atoms with Gasteiger partial charge in [-0.1, -0.05) is 0 Å². The van der Waals surface area contributed by atoms with Crippen molar-refractivity contribution in [1.29, 1.82) is 0 Å². The zero-order valence-electron chi connectivity index (χ0n) is 19.2. The Kier molecular flexibility index (Phi) is 7.64. The molecule has 1 unspecified atom stereocenters. The molecule has 2 aliphatic rings. The second-order valence-corrected chi connectivity index (χ2v) is 8.41. The predicted molar refractivity (Wildman–Crippen MR) is 116 cm³/mol. The number of methoxy groups -OCH3 is 3. The number of halogens is 1. The van der Waals surface area contributed by atoms with E-state index in [-0.39, 0.29) is 31.8 Å². The van der Waals surface area contributed by atoms with Crippen molar-refractivity contribution in [3.63, 3.8) is 0 Å². The van der Waals surface area contributed by atoms with E-state index in [0.717, 1.165) is 53.9 Å². The van der Waals surface area contributed by atoms with Crippen LogP contribution in [0.25, 0.3) is 0 Å². The minimum atomic E-state index is 0. The number of aliphatic hydroxyl groups excluding tert-OH is 1. The minimum Gasteiger partial charge on any atom is -1.00 e. The molecule has 0 aliphatic carbocycles. The topological polar surface area (TPSA) is 66.4 Å². The molecule has 4 rings (SSSR count). The number of benzene rings is 2. The summed E-state index contributed by atoms with van der Waals surface area (Å²) >= 11 is 0. The van der Waals surface area contributed by atoms with Gasteiger partial charge in [-0.2, -0.15) is 0 Å². The van der Waals surface area contributed by atoms with E-state index < -0.39 is 0 Å². The minimum absolute atomic E-state index is 0. The molecule has 0 saturated heterocycles. The van der Waals surface area contributed by atoms with E-state index in [1.165, 1.54) is 11.1 Å². The summed E-state index contributed by atoms with van der Waals surface area (Å²) < 4.78 is 28.8. The second kappa shape index (κ2) is 10.1. The Bertz CT molecular complexity index is 927. The second-order valence-electron chi connectivity index (χ2n) is 8.41. The first-order valence-corrected chi connectivity index (χ1v) is 10.7. The molecule has 0 aromatic heterocycles. The fourth-order valence-electron chi connectivity index (χ4n) is 4.90. The highest BCUT2D eigenvalue weighted by atomic mass is 35.5. The van der Waals surface area contributed by atoms with Gasteiger partial charge in [-0.25, -0.2) is 0 Å². The van der Waals surface area contributed by atoms with Gasteiger partial charge in [-0.05, 0) is 35.4 Å². The molecule has 2 aromatic carbocycles. The van der Waals surface area contributed by atoms with Crippen LogP contribution in [-0.4, -0.2) is 64.5 Å². The standard InChI is InChI=1S/C24H32NO6.ClH/c1-25(7-5-9-26)8-6-17-13-20-21(31-15-30-20)14-18(17)19(25)10-16-11-22(27-2)24(29-4)23(12-16)28-3;/h11-14,19,26H,5-10,15H2,1-4H3;1H/q+1;/p-1/t19-,25?;/m1./s1. The zero-order chi connectivity index (χ0) is 22.0. The van der Waals surface area contributed by atoms with E-state index in [9.17, 15) is 5.11 Å². The number of aliphatic hydroxyl groups is 1. The summed E-state index contributed by atoms with van der Waals surface area (Å²) in [6.45, 7) is 2.37. The number of hydrogen-bond donors (Lipinski definition) is 1. The molecule has 0 amide bonds. The third kappa shape index (κ3) is 4.42. The maximum absolute atomic E-state index is 9.51. The first kappa shape index (κ1) is 24.3. The Morgan fingerprint density at radius 1 is 1.00 bits per heavy atom. The van der Waals surface area contributed by atoms with Crippen LogP contribution in [0.5, 0.6) is 28.7 Å². The number of nitrogens with zero attached hydrogens (tertiary/aromatic N) is 1. The fraction of sp³-hybridized carbons (Fsp3) is 0.500. The van der Waals surface area contributed by atoms with E-state index in [1.807, 2.05) is 12.1 Å². The van der Waals surface area contributed by atoms with Crippen molar-refractivity contribution in [2.75, 3.05) is 54.9 Å². The number of ether oxygens (including phenoxy) is 5. The summed E-state index contributed by atoms with van der Waals surface area (Å²) in [7, 11) is 7.17. The van der Waals surface area contributed by atoms with Crippen molar-refractivity contribution in [3.8, 4) is 28.7 Å². The summed E-state index contributed by atoms with van der Waals surface area (Å²) in [6, 6.07) is 8.54. The van der Waals surface area contributed by atoms with Gasteiger partial charge in [0.05, 0.1) is 41.5 Å². The molecule has 0 bridgehead atoms. The van der Waals surface area contributed by atoms with E-state index in [4.69, 9.17) is 23.7 Å². The van der Waals surface area contributed by atoms with Crippen molar-refractivity contribution in [2.24, 2.45) is 0 Å². The Balaban J connectivity index is 0.00000289. The first-order chi connectivity index (χ1) is 15.0. The Labute approximate surface area is 195 Å². The molecular weight excluding hydrogens is 434 g/mol. The van der Waals surface area contributed by atoms with Gasteiger partial charge < -0.3 is 45.7 Å². The van der Waals surface area contributed by atoms with E-state index in [2.05, 4.69) is 19.2 Å². The lowest BCUT2D eigenvalue weighted by atomic mass is 9.86. The molecule has 7 nitrogen and oxygen atoms in total. The highest BCUT2D eigenvalue weighted by Gasteiger charge is 2.40. The lowest BCUT2D eigenvalue weighted by Gasteiger charge is -2.46. The van der Waals surface area contributed by atoms with Crippen LogP contribution in [0.2, 0.25) is 0 Å². The number of hydrogen-bond acceptors (Lipinski definition) is 6. The average molecular weight is 466 g/mol. The van der Waals surface area contributed by atoms with Gasteiger partial charge >= 0.3 is 0 Å². The molecule has 0 spiro atoms. The highest BCUT2D eigenvalue weighted by molar-refractivity contribution is 5.55. The van der Waals surface area contributed by atoms with Crippen molar-refractivity contribution in [3.05, 3.63) is 41.0 Å². The highest BCUT2D eigenvalue weighted by Crippen LogP contribution is 2.45. The van der Waals surface area contributed by atoms with Crippen LogP contribution in [0.1, 0.15) is 29.2 Å². The summed E-state index contributed by atoms with van der Waals surface area (Å²) in [4.78, 5) is 0.